The summed E-state index contributed by atoms with van der Waals surface area (Å²) in [4.78, 5) is 14.4. The van der Waals surface area contributed by atoms with Crippen LogP contribution in [0.15, 0.2) is 78.9 Å². The third-order valence-corrected chi connectivity index (χ3v) is 7.25. The van der Waals surface area contributed by atoms with Gasteiger partial charge in [0.05, 0.1) is 51.7 Å². The van der Waals surface area contributed by atoms with Crippen molar-refractivity contribution >= 4 is 6.09 Å². The number of carbonyl (C=O) groups is 1. The van der Waals surface area contributed by atoms with Crippen LogP contribution in [0.1, 0.15) is 62.3 Å². The Morgan fingerprint density at radius 3 is 2.09 bits per heavy atom. The number of hydrogen-bond donors (Lipinski definition) is 1. The second-order valence-electron chi connectivity index (χ2n) is 11.8. The molecule has 0 spiro atoms. The zero-order chi connectivity index (χ0) is 30.0. The molecule has 3 atom stereocenters. The van der Waals surface area contributed by atoms with Crippen LogP contribution in [0.4, 0.5) is 4.79 Å². The van der Waals surface area contributed by atoms with Crippen LogP contribution >= 0.6 is 0 Å². The first kappa shape index (κ1) is 41.2. The Kier molecular flexibility index (Phi) is 18.7. The predicted molar refractivity (Wildman–Crippen MR) is 164 cm³/mol. The number of aliphatic hydroxyl groups excluding tert-OH is 1. The van der Waals surface area contributed by atoms with Crippen LogP contribution in [0.25, 0.3) is 0 Å². The smallest absolute Gasteiger partial charge is 1.00 e. The molecule has 7 nitrogen and oxygen atoms in total. The number of ether oxygens (including phenoxy) is 4. The molecule has 1 aliphatic rings. The number of likely N-dealkylation sites (tertiary alicyclic amines) is 1. The zero-order valence-corrected chi connectivity index (χ0v) is 32.9. The molecule has 0 aliphatic carbocycles. The molecule has 3 unspecified atom stereocenters. The Hall–Kier alpha value is -1.81. The summed E-state index contributed by atoms with van der Waals surface area (Å²) in [5.41, 5.74) is 3.79. The molecule has 242 valence electrons. The molecule has 1 heterocycles. The molecule has 45 heavy (non-hydrogen) atoms. The SMILES string of the molecule is CCc1ccc(COC2CN(C(=O)OC(C)(C)C)CC(O)C2c2ccc(OCCCOCc3ccccc3)cc2)cc1.[Br-].[Br-].[Zn+2]. The molecule has 0 bridgehead atoms. The van der Waals surface area contributed by atoms with Gasteiger partial charge in [0.1, 0.15) is 11.4 Å². The van der Waals surface area contributed by atoms with Gasteiger partial charge >= 0.3 is 25.6 Å². The number of nitrogens with zero attached hydrogens (tertiary/aromatic N) is 1. The van der Waals surface area contributed by atoms with Gasteiger partial charge in [-0.25, -0.2) is 4.79 Å². The average molecular weight is 801 g/mol. The van der Waals surface area contributed by atoms with Crippen molar-refractivity contribution < 1.29 is 82.3 Å². The van der Waals surface area contributed by atoms with E-state index in [0.29, 0.717) is 33.0 Å². The van der Waals surface area contributed by atoms with Crippen molar-refractivity contribution in [3.63, 3.8) is 0 Å². The number of aryl methyl sites for hydroxylation is 1. The molecular formula is C35H45Br2NO6Zn. The van der Waals surface area contributed by atoms with E-state index in [9.17, 15) is 9.90 Å². The summed E-state index contributed by atoms with van der Waals surface area (Å²) < 4.78 is 23.7. The van der Waals surface area contributed by atoms with Gasteiger partial charge in [-0.1, -0.05) is 73.7 Å². The fraction of sp³-hybridized carbons (Fsp3) is 0.457. The van der Waals surface area contributed by atoms with E-state index in [0.717, 1.165) is 35.3 Å². The van der Waals surface area contributed by atoms with E-state index in [2.05, 4.69) is 43.3 Å². The summed E-state index contributed by atoms with van der Waals surface area (Å²) in [5.74, 6) is 0.454. The second kappa shape index (κ2) is 20.4. The van der Waals surface area contributed by atoms with Gasteiger partial charge in [0, 0.05) is 12.3 Å². The molecule has 0 aromatic heterocycles. The largest absolute Gasteiger partial charge is 2.00 e. The molecule has 10 heteroatoms. The van der Waals surface area contributed by atoms with Crippen molar-refractivity contribution in [2.75, 3.05) is 26.3 Å². The molecule has 1 saturated heterocycles. The number of carbonyl (C=O) groups excluding carboxylic acids is 1. The summed E-state index contributed by atoms with van der Waals surface area (Å²) in [6, 6.07) is 26.3. The van der Waals surface area contributed by atoms with Gasteiger partial charge in [0.15, 0.2) is 0 Å². The minimum absolute atomic E-state index is 0. The summed E-state index contributed by atoms with van der Waals surface area (Å²) >= 11 is 0. The number of amides is 1. The van der Waals surface area contributed by atoms with Crippen LogP contribution in [0.2, 0.25) is 0 Å². The normalized spacial score (nSPS) is 17.7. The quantitative estimate of drug-likeness (QED) is 0.213. The van der Waals surface area contributed by atoms with Gasteiger partial charge in [-0.2, -0.15) is 0 Å². The Morgan fingerprint density at radius 1 is 0.844 bits per heavy atom. The molecule has 0 radical (unpaired) electrons. The van der Waals surface area contributed by atoms with Gasteiger partial charge in [-0.15, -0.1) is 0 Å². The summed E-state index contributed by atoms with van der Waals surface area (Å²) in [5, 5.41) is 11.3. The third kappa shape index (κ3) is 13.4. The number of benzene rings is 3. The number of aliphatic hydroxyl groups is 1. The van der Waals surface area contributed by atoms with Crippen molar-refractivity contribution in [2.45, 2.75) is 77.5 Å². The Labute approximate surface area is 302 Å². The summed E-state index contributed by atoms with van der Waals surface area (Å²) in [6.45, 7) is 10.3. The van der Waals surface area contributed by atoms with Crippen LogP contribution in [0, 0.1) is 0 Å². The average Bonchev–Trinajstić information content (AvgIpc) is 2.98. The molecule has 0 saturated carbocycles. The molecule has 3 aromatic rings. The first-order chi connectivity index (χ1) is 20.2. The Bertz CT molecular complexity index is 1240. The van der Waals surface area contributed by atoms with Gasteiger partial charge in [0.2, 0.25) is 0 Å². The Morgan fingerprint density at radius 2 is 1.47 bits per heavy atom. The molecule has 1 N–H and O–H groups in total. The minimum atomic E-state index is -0.813. The number of β-amino-alcohol motifs (C(OH)–C–C–N with tert-alkyl or cyclic N) is 1. The van der Waals surface area contributed by atoms with Crippen molar-refractivity contribution in [3.8, 4) is 5.75 Å². The van der Waals surface area contributed by atoms with Gasteiger partial charge < -0.3 is 62.9 Å². The summed E-state index contributed by atoms with van der Waals surface area (Å²) in [7, 11) is 0. The van der Waals surface area contributed by atoms with Crippen molar-refractivity contribution in [3.05, 3.63) is 101 Å². The van der Waals surface area contributed by atoms with Crippen LogP contribution in [-0.4, -0.2) is 60.2 Å². The molecule has 3 aromatic carbocycles. The topological polar surface area (TPSA) is 77.5 Å². The fourth-order valence-electron chi connectivity index (χ4n) is 5.04. The molecule has 1 aliphatic heterocycles. The first-order valence-electron chi connectivity index (χ1n) is 14.9. The number of halogens is 2. The van der Waals surface area contributed by atoms with Crippen LogP contribution in [0.5, 0.6) is 5.75 Å². The molecule has 4 rings (SSSR count). The number of rotatable bonds is 12. The number of hydrogen-bond acceptors (Lipinski definition) is 6. The maximum absolute atomic E-state index is 12.9. The van der Waals surface area contributed by atoms with E-state index in [1.807, 2.05) is 63.2 Å². The van der Waals surface area contributed by atoms with Crippen LogP contribution < -0.4 is 38.7 Å². The zero-order valence-electron chi connectivity index (χ0n) is 26.8. The Balaban J connectivity index is 0.00000337. The van der Waals surface area contributed by atoms with E-state index in [1.54, 1.807) is 4.90 Å². The fourth-order valence-corrected chi connectivity index (χ4v) is 5.04. The first-order valence-corrected chi connectivity index (χ1v) is 14.9. The maximum Gasteiger partial charge on any atom is 2.00 e. The van der Waals surface area contributed by atoms with Crippen molar-refractivity contribution in [1.82, 2.24) is 4.90 Å². The van der Waals surface area contributed by atoms with Crippen LogP contribution in [0.3, 0.4) is 0 Å². The number of piperidine rings is 1. The van der Waals surface area contributed by atoms with E-state index >= 15 is 0 Å². The standard InChI is InChI=1S/C35H45NO6.2BrH.Zn/c1-5-26-12-14-28(15-13-26)25-41-32-23-36(34(38)42-35(2,3)4)22-31(37)33(32)29-16-18-30(19-17-29)40-21-9-20-39-24-27-10-7-6-8-11-27;;;/h6-8,10-19,31-33,37H,5,9,20-25H2,1-4H3;2*1H;/q;;;+2/p-2. The van der Waals surface area contributed by atoms with E-state index in [4.69, 9.17) is 18.9 Å². The molecular weight excluding hydrogens is 756 g/mol. The van der Waals surface area contributed by atoms with Crippen LogP contribution in [-0.2, 0) is 53.3 Å². The summed E-state index contributed by atoms with van der Waals surface area (Å²) in [6.07, 6.45) is 0.0845. The van der Waals surface area contributed by atoms with Crippen molar-refractivity contribution in [1.29, 1.82) is 0 Å². The third-order valence-electron chi connectivity index (χ3n) is 7.25. The van der Waals surface area contributed by atoms with E-state index < -0.39 is 23.9 Å². The predicted octanol–water partition coefficient (Wildman–Crippen LogP) is 0.521. The minimum Gasteiger partial charge on any atom is -1.00 e. The monoisotopic (exact) mass is 797 g/mol. The van der Waals surface area contributed by atoms with Gasteiger partial charge in [-0.3, -0.25) is 0 Å². The van der Waals surface area contributed by atoms with Crippen molar-refractivity contribution in [2.24, 2.45) is 0 Å². The molecule has 1 fully saturated rings. The second-order valence-corrected chi connectivity index (χ2v) is 11.8. The van der Waals surface area contributed by atoms with E-state index in [-0.39, 0.29) is 65.9 Å². The maximum atomic E-state index is 12.9. The van der Waals surface area contributed by atoms with E-state index in [1.165, 1.54) is 5.56 Å². The van der Waals surface area contributed by atoms with Gasteiger partial charge in [-0.05, 0) is 61.6 Å². The molecule has 1 amide bonds. The van der Waals surface area contributed by atoms with Gasteiger partial charge in [0.25, 0.3) is 0 Å².